The van der Waals surface area contributed by atoms with Crippen molar-refractivity contribution >= 4 is 31.5 Å². The molecule has 1 aliphatic carbocycles. The fraction of sp³-hybridized carbons (Fsp3) is 0.0169. The second-order valence-corrected chi connectivity index (χ2v) is 17.1. The zero-order chi connectivity index (χ0) is 41.0. The molecule has 0 N–H and O–H groups in total. The third-order valence-electron chi connectivity index (χ3n) is 12.6. The van der Waals surface area contributed by atoms with Gasteiger partial charge in [-0.25, -0.2) is 9.97 Å². The standard InChI is InChI=1S/C59H38N2S/c1-5-17-40(18-6-1)46-26-15-28-50-56(46)47-36-35-43(37-51(47)59(50,44-21-9-3-10-22-44)45-23-11-4-12-24-45)39-31-33-41(34-32-39)52-38-53(61-58(60-52)42-19-7-2-8-20-42)48-27-16-30-55-57(48)49-25-13-14-29-54(49)62-55/h1-38H. The van der Waals surface area contributed by atoms with E-state index in [0.717, 1.165) is 33.6 Å². The SMILES string of the molecule is c1ccc(-c2nc(-c3ccc(-c4ccc5c(c4)C(c4ccccc4)(c4ccccc4)c4cccc(-c6ccccc6)c4-5)cc3)cc(-c3cccc4sc5ccccc5c34)n2)cc1. The van der Waals surface area contributed by atoms with Gasteiger partial charge in [-0.15, -0.1) is 11.3 Å². The molecule has 2 nitrogen and oxygen atoms in total. The van der Waals surface area contributed by atoms with Crippen LogP contribution in [0.4, 0.5) is 0 Å². The van der Waals surface area contributed by atoms with Crippen molar-refractivity contribution in [1.29, 1.82) is 0 Å². The zero-order valence-electron chi connectivity index (χ0n) is 33.7. The van der Waals surface area contributed by atoms with E-state index in [-0.39, 0.29) is 0 Å². The number of hydrogen-bond acceptors (Lipinski definition) is 3. The van der Waals surface area contributed by atoms with Gasteiger partial charge in [-0.3, -0.25) is 0 Å². The first-order valence-electron chi connectivity index (χ1n) is 21.1. The summed E-state index contributed by atoms with van der Waals surface area (Å²) in [6.07, 6.45) is 0. The molecule has 290 valence electrons. The number of hydrogen-bond donors (Lipinski definition) is 0. The summed E-state index contributed by atoms with van der Waals surface area (Å²) in [4.78, 5) is 10.4. The van der Waals surface area contributed by atoms with E-state index < -0.39 is 5.41 Å². The van der Waals surface area contributed by atoms with Gasteiger partial charge in [0.2, 0.25) is 0 Å². The number of aromatic nitrogens is 2. The van der Waals surface area contributed by atoms with Gasteiger partial charge in [0.15, 0.2) is 5.82 Å². The van der Waals surface area contributed by atoms with Crippen LogP contribution in [0.1, 0.15) is 22.3 Å². The summed E-state index contributed by atoms with van der Waals surface area (Å²) in [5, 5.41) is 2.50. The molecule has 0 atom stereocenters. The summed E-state index contributed by atoms with van der Waals surface area (Å²) in [5.74, 6) is 0.713. The highest BCUT2D eigenvalue weighted by Crippen LogP contribution is 2.59. The Balaban J connectivity index is 1.02. The first kappa shape index (κ1) is 36.2. The third kappa shape index (κ3) is 5.78. The Kier molecular flexibility index (Phi) is 8.62. The fourth-order valence-corrected chi connectivity index (χ4v) is 11.0. The van der Waals surface area contributed by atoms with E-state index in [2.05, 4.69) is 224 Å². The third-order valence-corrected chi connectivity index (χ3v) is 13.7. The van der Waals surface area contributed by atoms with Crippen LogP contribution in [0.5, 0.6) is 0 Å². The van der Waals surface area contributed by atoms with Crippen LogP contribution >= 0.6 is 11.3 Å². The molecule has 1 aliphatic rings. The highest BCUT2D eigenvalue weighted by atomic mass is 32.1. The largest absolute Gasteiger partial charge is 0.228 e. The number of benzene rings is 9. The van der Waals surface area contributed by atoms with Crippen molar-refractivity contribution in [2.75, 3.05) is 0 Å². The van der Waals surface area contributed by atoms with Crippen LogP contribution in [0.15, 0.2) is 231 Å². The Bertz CT molecular complexity index is 3390. The lowest BCUT2D eigenvalue weighted by Crippen LogP contribution is -2.28. The van der Waals surface area contributed by atoms with Crippen LogP contribution in [-0.2, 0) is 5.41 Å². The number of fused-ring (bicyclic) bond motifs is 6. The molecule has 3 heteroatoms. The van der Waals surface area contributed by atoms with Gasteiger partial charge in [-0.05, 0) is 79.9 Å². The summed E-state index contributed by atoms with van der Waals surface area (Å²) in [6.45, 7) is 0. The highest BCUT2D eigenvalue weighted by Gasteiger charge is 2.47. The molecule has 0 aliphatic heterocycles. The molecule has 0 amide bonds. The van der Waals surface area contributed by atoms with E-state index in [1.165, 1.54) is 70.2 Å². The van der Waals surface area contributed by atoms with Crippen LogP contribution < -0.4 is 0 Å². The van der Waals surface area contributed by atoms with E-state index >= 15 is 0 Å². The van der Waals surface area contributed by atoms with Gasteiger partial charge in [-0.1, -0.05) is 206 Å². The lowest BCUT2D eigenvalue weighted by molar-refractivity contribution is 0.769. The predicted molar refractivity (Wildman–Crippen MR) is 259 cm³/mol. The zero-order valence-corrected chi connectivity index (χ0v) is 34.6. The fourth-order valence-electron chi connectivity index (χ4n) is 9.85. The van der Waals surface area contributed by atoms with Crippen molar-refractivity contribution in [3.63, 3.8) is 0 Å². The van der Waals surface area contributed by atoms with E-state index in [1.807, 2.05) is 17.4 Å². The summed E-state index contributed by atoms with van der Waals surface area (Å²) in [7, 11) is 0. The molecule has 9 aromatic carbocycles. The summed E-state index contributed by atoms with van der Waals surface area (Å²) in [6, 6.07) is 83.5. The lowest BCUT2D eigenvalue weighted by Gasteiger charge is -2.34. The van der Waals surface area contributed by atoms with Crippen LogP contribution in [0.3, 0.4) is 0 Å². The van der Waals surface area contributed by atoms with Gasteiger partial charge in [0.05, 0.1) is 16.8 Å². The highest BCUT2D eigenvalue weighted by molar-refractivity contribution is 7.25. The second kappa shape index (κ2) is 14.8. The molecule has 0 fully saturated rings. The lowest BCUT2D eigenvalue weighted by atomic mass is 9.67. The average Bonchev–Trinajstić information content (AvgIpc) is 3.89. The van der Waals surface area contributed by atoms with Gasteiger partial charge in [0.1, 0.15) is 0 Å². The first-order valence-corrected chi connectivity index (χ1v) is 22.0. The Morgan fingerprint density at radius 3 is 1.63 bits per heavy atom. The average molecular weight is 807 g/mol. The molecular weight excluding hydrogens is 769 g/mol. The quantitative estimate of drug-likeness (QED) is 0.160. The molecule has 0 saturated heterocycles. The topological polar surface area (TPSA) is 25.8 Å². The van der Waals surface area contributed by atoms with Crippen molar-refractivity contribution in [2.24, 2.45) is 0 Å². The molecule has 12 rings (SSSR count). The molecule has 2 heterocycles. The van der Waals surface area contributed by atoms with Crippen LogP contribution in [0, 0.1) is 0 Å². The van der Waals surface area contributed by atoms with Gasteiger partial charge >= 0.3 is 0 Å². The van der Waals surface area contributed by atoms with Crippen molar-refractivity contribution < 1.29 is 0 Å². The number of nitrogens with zero attached hydrogens (tertiary/aromatic N) is 2. The molecule has 2 aromatic heterocycles. The number of thiophene rings is 1. The summed E-state index contributed by atoms with van der Waals surface area (Å²) in [5.41, 5.74) is 16.9. The Labute approximate surface area is 365 Å². The monoisotopic (exact) mass is 806 g/mol. The smallest absolute Gasteiger partial charge is 0.160 e. The molecule has 0 saturated carbocycles. The molecule has 0 bridgehead atoms. The minimum Gasteiger partial charge on any atom is -0.228 e. The molecule has 62 heavy (non-hydrogen) atoms. The maximum absolute atomic E-state index is 5.23. The molecule has 11 aromatic rings. The van der Waals surface area contributed by atoms with Crippen molar-refractivity contribution in [1.82, 2.24) is 9.97 Å². The van der Waals surface area contributed by atoms with Gasteiger partial charge in [-0.2, -0.15) is 0 Å². The van der Waals surface area contributed by atoms with Crippen LogP contribution in [0.25, 0.3) is 87.5 Å². The van der Waals surface area contributed by atoms with E-state index in [9.17, 15) is 0 Å². The Hall–Kier alpha value is -7.72. The maximum Gasteiger partial charge on any atom is 0.160 e. The molecule has 0 spiro atoms. The van der Waals surface area contributed by atoms with Crippen molar-refractivity contribution in [3.05, 3.63) is 253 Å². The maximum atomic E-state index is 5.23. The van der Waals surface area contributed by atoms with Gasteiger partial charge in [0.25, 0.3) is 0 Å². The van der Waals surface area contributed by atoms with Gasteiger partial charge < -0.3 is 0 Å². The van der Waals surface area contributed by atoms with E-state index in [0.29, 0.717) is 5.82 Å². The normalized spacial score (nSPS) is 12.6. The minimum absolute atomic E-state index is 0.518. The first-order chi connectivity index (χ1) is 30.7. The molecule has 0 radical (unpaired) electrons. The van der Waals surface area contributed by atoms with E-state index in [4.69, 9.17) is 9.97 Å². The predicted octanol–water partition coefficient (Wildman–Crippen LogP) is 15.5. The minimum atomic E-state index is -0.518. The molecular formula is C59H38N2S. The van der Waals surface area contributed by atoms with E-state index in [1.54, 1.807) is 0 Å². The number of rotatable bonds is 7. The van der Waals surface area contributed by atoms with Crippen molar-refractivity contribution in [2.45, 2.75) is 5.41 Å². The molecule has 0 unspecified atom stereocenters. The van der Waals surface area contributed by atoms with Crippen molar-refractivity contribution in [3.8, 4) is 67.3 Å². The summed E-state index contributed by atoms with van der Waals surface area (Å²) < 4.78 is 2.53. The second-order valence-electron chi connectivity index (χ2n) is 16.0. The van der Waals surface area contributed by atoms with Gasteiger partial charge in [0, 0.05) is 36.9 Å². The summed E-state index contributed by atoms with van der Waals surface area (Å²) >= 11 is 1.83. The van der Waals surface area contributed by atoms with Crippen LogP contribution in [-0.4, -0.2) is 9.97 Å². The Morgan fingerprint density at radius 1 is 0.339 bits per heavy atom. The Morgan fingerprint density at radius 2 is 0.903 bits per heavy atom. The van der Waals surface area contributed by atoms with Crippen LogP contribution in [0.2, 0.25) is 0 Å².